The zero-order valence-corrected chi connectivity index (χ0v) is 14.9. The number of ether oxygens (including phenoxy) is 1. The lowest BCUT2D eigenvalue weighted by molar-refractivity contribution is -0.149. The van der Waals surface area contributed by atoms with Gasteiger partial charge in [-0.25, -0.2) is 0 Å². The number of allylic oxidation sites excluding steroid dienone is 1. The third-order valence-electron chi connectivity index (χ3n) is 4.65. The molecular formula is C20H25NO4. The largest absolute Gasteiger partial charge is 0.466 e. The standard InChI is InChI=1S/C20H25NO4/c1-4-9-15-10-6-7-11-16(15)21-13-8-12-20(3,19(21)24)17(22)14-18(23)25-5-2/h4,6-7,10-11H,1,5,8-9,12-14H2,2-3H3. The first-order valence-corrected chi connectivity index (χ1v) is 8.63. The highest BCUT2D eigenvalue weighted by Crippen LogP contribution is 2.36. The van der Waals surface area contributed by atoms with Gasteiger partial charge in [0, 0.05) is 12.2 Å². The SMILES string of the molecule is C=CCc1ccccc1N1CCCC(C)(C(=O)CC(=O)OCC)C1=O. The fourth-order valence-corrected chi connectivity index (χ4v) is 3.23. The van der Waals surface area contributed by atoms with Gasteiger partial charge in [-0.1, -0.05) is 24.3 Å². The van der Waals surface area contributed by atoms with Crippen LogP contribution in [-0.4, -0.2) is 30.8 Å². The summed E-state index contributed by atoms with van der Waals surface area (Å²) in [4.78, 5) is 39.1. The molecule has 0 radical (unpaired) electrons. The molecule has 1 fully saturated rings. The number of nitrogens with zero attached hydrogens (tertiary/aromatic N) is 1. The van der Waals surface area contributed by atoms with Crippen molar-refractivity contribution in [2.75, 3.05) is 18.1 Å². The van der Waals surface area contributed by atoms with Crippen LogP contribution in [0.2, 0.25) is 0 Å². The number of esters is 1. The Hall–Kier alpha value is -2.43. The highest BCUT2D eigenvalue weighted by atomic mass is 16.5. The molecule has 0 saturated carbocycles. The molecule has 0 aliphatic carbocycles. The predicted molar refractivity (Wildman–Crippen MR) is 96.3 cm³/mol. The molecule has 0 aromatic heterocycles. The fraction of sp³-hybridized carbons (Fsp3) is 0.450. The van der Waals surface area contributed by atoms with E-state index >= 15 is 0 Å². The van der Waals surface area contributed by atoms with Crippen LogP contribution in [0.3, 0.4) is 0 Å². The van der Waals surface area contributed by atoms with Gasteiger partial charge >= 0.3 is 5.97 Å². The first kappa shape index (κ1) is 18.9. The predicted octanol–water partition coefficient (Wildman–Crippen LogP) is 3.07. The van der Waals surface area contributed by atoms with Gasteiger partial charge in [0.1, 0.15) is 11.8 Å². The Balaban J connectivity index is 2.27. The van der Waals surface area contributed by atoms with Crippen molar-refractivity contribution in [3.05, 3.63) is 42.5 Å². The molecule has 2 rings (SSSR count). The Morgan fingerprint density at radius 2 is 2.08 bits per heavy atom. The summed E-state index contributed by atoms with van der Waals surface area (Å²) in [6, 6.07) is 7.64. The number of carbonyl (C=O) groups is 3. The van der Waals surface area contributed by atoms with Gasteiger partial charge in [0.05, 0.1) is 6.61 Å². The maximum absolute atomic E-state index is 13.1. The third-order valence-corrected chi connectivity index (χ3v) is 4.65. The maximum atomic E-state index is 13.1. The van der Waals surface area contributed by atoms with Crippen molar-refractivity contribution in [3.63, 3.8) is 0 Å². The molecule has 1 aromatic rings. The van der Waals surface area contributed by atoms with Crippen LogP contribution in [0.25, 0.3) is 0 Å². The summed E-state index contributed by atoms with van der Waals surface area (Å²) in [6.07, 6.45) is 3.23. The summed E-state index contributed by atoms with van der Waals surface area (Å²) >= 11 is 0. The van der Waals surface area contributed by atoms with Gasteiger partial charge in [-0.2, -0.15) is 0 Å². The number of piperidine rings is 1. The van der Waals surface area contributed by atoms with E-state index < -0.39 is 11.4 Å². The van der Waals surface area contributed by atoms with Crippen LogP contribution in [0.1, 0.15) is 38.7 Å². The van der Waals surface area contributed by atoms with E-state index in [-0.39, 0.29) is 24.7 Å². The molecule has 134 valence electrons. The van der Waals surface area contributed by atoms with E-state index in [0.29, 0.717) is 25.8 Å². The minimum atomic E-state index is -1.19. The average molecular weight is 343 g/mol. The molecule has 1 atom stereocenters. The second-order valence-electron chi connectivity index (χ2n) is 6.42. The van der Waals surface area contributed by atoms with E-state index in [9.17, 15) is 14.4 Å². The number of Topliss-reactive ketones (excluding diaryl/α,β-unsaturated/α-hetero) is 1. The van der Waals surface area contributed by atoms with E-state index in [0.717, 1.165) is 11.3 Å². The number of benzene rings is 1. The molecule has 1 aliphatic heterocycles. The summed E-state index contributed by atoms with van der Waals surface area (Å²) in [5, 5.41) is 0. The van der Waals surface area contributed by atoms with Gasteiger partial charge in [-0.3, -0.25) is 14.4 Å². The van der Waals surface area contributed by atoms with Crippen molar-refractivity contribution in [1.82, 2.24) is 0 Å². The van der Waals surface area contributed by atoms with Crippen molar-refractivity contribution in [1.29, 1.82) is 0 Å². The summed E-state index contributed by atoms with van der Waals surface area (Å²) < 4.78 is 4.85. The summed E-state index contributed by atoms with van der Waals surface area (Å²) in [6.45, 7) is 7.87. The van der Waals surface area contributed by atoms with Crippen molar-refractivity contribution in [2.45, 2.75) is 39.5 Å². The first-order valence-electron chi connectivity index (χ1n) is 8.63. The fourth-order valence-electron chi connectivity index (χ4n) is 3.23. The zero-order chi connectivity index (χ0) is 18.4. The monoisotopic (exact) mass is 343 g/mol. The quantitative estimate of drug-likeness (QED) is 0.434. The molecule has 1 heterocycles. The molecule has 0 bridgehead atoms. The average Bonchev–Trinajstić information content (AvgIpc) is 2.58. The Labute approximate surface area is 148 Å². The molecule has 1 amide bonds. The molecule has 1 unspecified atom stereocenters. The second-order valence-corrected chi connectivity index (χ2v) is 6.42. The van der Waals surface area contributed by atoms with Crippen molar-refractivity contribution < 1.29 is 19.1 Å². The molecule has 1 saturated heterocycles. The molecule has 5 heteroatoms. The lowest BCUT2D eigenvalue weighted by Gasteiger charge is -2.39. The number of ketones is 1. The minimum absolute atomic E-state index is 0.220. The van der Waals surface area contributed by atoms with Gasteiger partial charge < -0.3 is 9.64 Å². The topological polar surface area (TPSA) is 63.7 Å². The number of hydrogen-bond acceptors (Lipinski definition) is 4. The second kappa shape index (κ2) is 8.10. The van der Waals surface area contributed by atoms with E-state index in [2.05, 4.69) is 6.58 Å². The van der Waals surface area contributed by atoms with E-state index in [1.807, 2.05) is 24.3 Å². The van der Waals surface area contributed by atoms with Gasteiger partial charge in [0.15, 0.2) is 5.78 Å². The van der Waals surface area contributed by atoms with E-state index in [1.165, 1.54) is 0 Å². The molecule has 1 aromatic carbocycles. The normalized spacial score (nSPS) is 20.2. The minimum Gasteiger partial charge on any atom is -0.466 e. The number of amides is 1. The molecular weight excluding hydrogens is 318 g/mol. The lowest BCUT2D eigenvalue weighted by Crippen LogP contribution is -2.52. The number of carbonyl (C=O) groups excluding carboxylic acids is 3. The molecule has 5 nitrogen and oxygen atoms in total. The smallest absolute Gasteiger partial charge is 0.313 e. The third kappa shape index (κ3) is 3.98. The maximum Gasteiger partial charge on any atom is 0.313 e. The number of hydrogen-bond donors (Lipinski definition) is 0. The first-order chi connectivity index (χ1) is 11.9. The Kier molecular flexibility index (Phi) is 6.12. The highest BCUT2D eigenvalue weighted by Gasteiger charge is 2.46. The van der Waals surface area contributed by atoms with Gasteiger partial charge in [-0.15, -0.1) is 6.58 Å². The van der Waals surface area contributed by atoms with Crippen LogP contribution in [0.5, 0.6) is 0 Å². The van der Waals surface area contributed by atoms with E-state index in [1.54, 1.807) is 24.8 Å². The molecule has 25 heavy (non-hydrogen) atoms. The number of rotatable bonds is 7. The van der Waals surface area contributed by atoms with Gasteiger partial charge in [0.25, 0.3) is 0 Å². The van der Waals surface area contributed by atoms with Gasteiger partial charge in [-0.05, 0) is 44.7 Å². The number of anilines is 1. The summed E-state index contributed by atoms with van der Waals surface area (Å²) in [5.41, 5.74) is 0.613. The Morgan fingerprint density at radius 3 is 2.76 bits per heavy atom. The van der Waals surface area contributed by atoms with Gasteiger partial charge in [0.2, 0.25) is 5.91 Å². The van der Waals surface area contributed by atoms with Crippen molar-refractivity contribution >= 4 is 23.3 Å². The highest BCUT2D eigenvalue weighted by molar-refractivity contribution is 6.16. The van der Waals surface area contributed by atoms with Crippen LogP contribution in [0, 0.1) is 5.41 Å². The van der Waals surface area contributed by atoms with Crippen molar-refractivity contribution in [3.8, 4) is 0 Å². The Morgan fingerprint density at radius 1 is 1.36 bits per heavy atom. The zero-order valence-electron chi connectivity index (χ0n) is 14.9. The van der Waals surface area contributed by atoms with Crippen LogP contribution in [0.15, 0.2) is 36.9 Å². The summed E-state index contributed by atoms with van der Waals surface area (Å²) in [7, 11) is 0. The Bertz CT molecular complexity index is 682. The van der Waals surface area contributed by atoms with Crippen LogP contribution in [0.4, 0.5) is 5.69 Å². The van der Waals surface area contributed by atoms with Crippen LogP contribution in [-0.2, 0) is 25.5 Å². The lowest BCUT2D eigenvalue weighted by atomic mass is 9.76. The van der Waals surface area contributed by atoms with Crippen molar-refractivity contribution in [2.24, 2.45) is 5.41 Å². The molecule has 0 N–H and O–H groups in total. The van der Waals surface area contributed by atoms with E-state index in [4.69, 9.17) is 4.74 Å². The summed E-state index contributed by atoms with van der Waals surface area (Å²) in [5.74, 6) is -1.20. The molecule has 1 aliphatic rings. The number of para-hydroxylation sites is 1. The van der Waals surface area contributed by atoms with Crippen LogP contribution < -0.4 is 4.90 Å². The van der Waals surface area contributed by atoms with Crippen LogP contribution >= 0.6 is 0 Å². The molecule has 0 spiro atoms.